The number of rotatable bonds is 2. The Kier molecular flexibility index (Phi) is 2.73. The van der Waals surface area contributed by atoms with Crippen LogP contribution >= 0.6 is 0 Å². The molecule has 2 aromatic rings. The molecule has 0 saturated carbocycles. The fourth-order valence-electron chi connectivity index (χ4n) is 1.09. The van der Waals surface area contributed by atoms with Gasteiger partial charge in [-0.1, -0.05) is 0 Å². The van der Waals surface area contributed by atoms with Gasteiger partial charge < -0.3 is 10.4 Å². The van der Waals surface area contributed by atoms with Crippen molar-refractivity contribution in [2.75, 3.05) is 5.32 Å². The molecule has 0 bridgehead atoms. The van der Waals surface area contributed by atoms with E-state index in [0.29, 0.717) is 5.56 Å². The second-order valence-electron chi connectivity index (χ2n) is 2.95. The fourth-order valence-corrected chi connectivity index (χ4v) is 1.09. The summed E-state index contributed by atoms with van der Waals surface area (Å²) >= 11 is 0. The lowest BCUT2D eigenvalue weighted by Crippen LogP contribution is -2.13. The average molecular weight is 216 g/mol. The zero-order valence-electron chi connectivity index (χ0n) is 8.16. The zero-order chi connectivity index (χ0) is 11.4. The lowest BCUT2D eigenvalue weighted by atomic mass is 10.3. The molecule has 2 heterocycles. The zero-order valence-corrected chi connectivity index (χ0v) is 8.16. The van der Waals surface area contributed by atoms with Crippen LogP contribution in [0.4, 0.5) is 5.82 Å². The lowest BCUT2D eigenvalue weighted by molar-refractivity contribution is 0.102. The highest BCUT2D eigenvalue weighted by Gasteiger charge is 2.09. The van der Waals surface area contributed by atoms with E-state index >= 15 is 0 Å². The minimum absolute atomic E-state index is 0.0901. The standard InChI is InChI=1S/C10H8N4O2/c15-8-2-1-3-13-9(8)14-10(16)7-4-11-6-12-5-7/h1-6,15H,(H,13,14,16). The van der Waals surface area contributed by atoms with Crippen molar-refractivity contribution in [1.29, 1.82) is 0 Å². The first-order chi connectivity index (χ1) is 7.77. The molecular weight excluding hydrogens is 208 g/mol. The molecular formula is C10H8N4O2. The molecule has 1 amide bonds. The van der Waals surface area contributed by atoms with Crippen molar-refractivity contribution >= 4 is 11.7 Å². The molecule has 0 aliphatic carbocycles. The summed E-state index contributed by atoms with van der Waals surface area (Å²) in [4.78, 5) is 22.9. The van der Waals surface area contributed by atoms with Crippen molar-refractivity contribution in [3.05, 3.63) is 42.6 Å². The van der Waals surface area contributed by atoms with Gasteiger partial charge >= 0.3 is 0 Å². The second-order valence-corrected chi connectivity index (χ2v) is 2.95. The molecule has 0 aliphatic heterocycles. The molecule has 2 aromatic heterocycles. The lowest BCUT2D eigenvalue weighted by Gasteiger charge is -2.04. The third kappa shape index (κ3) is 2.11. The van der Waals surface area contributed by atoms with Crippen LogP contribution in [0.3, 0.4) is 0 Å². The molecule has 80 valence electrons. The fraction of sp³-hybridized carbons (Fsp3) is 0. The van der Waals surface area contributed by atoms with Gasteiger partial charge in [0.15, 0.2) is 11.6 Å². The summed E-state index contributed by atoms with van der Waals surface area (Å²) < 4.78 is 0. The van der Waals surface area contributed by atoms with Crippen molar-refractivity contribution < 1.29 is 9.90 Å². The number of anilines is 1. The monoisotopic (exact) mass is 216 g/mol. The van der Waals surface area contributed by atoms with Gasteiger partial charge in [-0.3, -0.25) is 4.79 Å². The number of amides is 1. The maximum absolute atomic E-state index is 11.6. The maximum atomic E-state index is 11.6. The first kappa shape index (κ1) is 10.0. The van der Waals surface area contributed by atoms with E-state index in [-0.39, 0.29) is 11.6 Å². The van der Waals surface area contributed by atoms with Crippen LogP contribution in [-0.4, -0.2) is 26.0 Å². The van der Waals surface area contributed by atoms with Gasteiger partial charge in [-0.15, -0.1) is 0 Å². The van der Waals surface area contributed by atoms with Crippen molar-refractivity contribution in [3.63, 3.8) is 0 Å². The average Bonchev–Trinajstić information content (AvgIpc) is 2.33. The smallest absolute Gasteiger partial charge is 0.260 e. The number of aromatic nitrogens is 3. The molecule has 0 aromatic carbocycles. The van der Waals surface area contributed by atoms with Crippen LogP contribution in [0.25, 0.3) is 0 Å². The number of nitrogens with zero attached hydrogens (tertiary/aromatic N) is 3. The quantitative estimate of drug-likeness (QED) is 0.776. The minimum Gasteiger partial charge on any atom is -0.504 e. The summed E-state index contributed by atoms with van der Waals surface area (Å²) in [6, 6.07) is 3.00. The number of carbonyl (C=O) groups is 1. The van der Waals surface area contributed by atoms with Crippen LogP contribution in [0.5, 0.6) is 5.75 Å². The van der Waals surface area contributed by atoms with E-state index in [4.69, 9.17) is 0 Å². The molecule has 0 unspecified atom stereocenters. The van der Waals surface area contributed by atoms with Crippen LogP contribution in [0.2, 0.25) is 0 Å². The number of hydrogen-bond donors (Lipinski definition) is 2. The number of aromatic hydroxyl groups is 1. The van der Waals surface area contributed by atoms with E-state index in [1.807, 2.05) is 0 Å². The predicted molar refractivity (Wildman–Crippen MR) is 55.9 cm³/mol. The number of nitrogens with one attached hydrogen (secondary N) is 1. The largest absolute Gasteiger partial charge is 0.504 e. The Hall–Kier alpha value is -2.50. The summed E-state index contributed by atoms with van der Waals surface area (Å²) in [7, 11) is 0. The van der Waals surface area contributed by atoms with Crippen LogP contribution in [-0.2, 0) is 0 Å². The molecule has 0 saturated heterocycles. The van der Waals surface area contributed by atoms with Gasteiger partial charge in [-0.25, -0.2) is 15.0 Å². The van der Waals surface area contributed by atoms with Gasteiger partial charge in [0.05, 0.1) is 5.56 Å². The third-order valence-electron chi connectivity index (χ3n) is 1.84. The molecule has 2 N–H and O–H groups in total. The van der Waals surface area contributed by atoms with Gasteiger partial charge in [-0.05, 0) is 12.1 Å². The van der Waals surface area contributed by atoms with E-state index in [9.17, 15) is 9.90 Å². The SMILES string of the molecule is O=C(Nc1ncccc1O)c1cncnc1. The summed E-state index contributed by atoms with van der Waals surface area (Å²) in [5, 5.41) is 11.8. The number of pyridine rings is 1. The van der Waals surface area contributed by atoms with Crippen molar-refractivity contribution in [1.82, 2.24) is 15.0 Å². The number of hydrogen-bond acceptors (Lipinski definition) is 5. The number of carbonyl (C=O) groups excluding carboxylic acids is 1. The Balaban J connectivity index is 2.18. The van der Waals surface area contributed by atoms with Gasteiger partial charge in [0.2, 0.25) is 0 Å². The highest BCUT2D eigenvalue weighted by molar-refractivity contribution is 6.03. The summed E-state index contributed by atoms with van der Waals surface area (Å²) in [5.74, 6) is -0.404. The Morgan fingerprint density at radius 1 is 1.31 bits per heavy atom. The Morgan fingerprint density at radius 2 is 2.06 bits per heavy atom. The molecule has 2 rings (SSSR count). The molecule has 0 atom stereocenters. The molecule has 6 nitrogen and oxygen atoms in total. The highest BCUT2D eigenvalue weighted by atomic mass is 16.3. The van der Waals surface area contributed by atoms with E-state index in [2.05, 4.69) is 20.3 Å². The van der Waals surface area contributed by atoms with Crippen molar-refractivity contribution in [2.24, 2.45) is 0 Å². The van der Waals surface area contributed by atoms with Crippen LogP contribution < -0.4 is 5.32 Å². The molecule has 0 aliphatic rings. The van der Waals surface area contributed by atoms with E-state index in [1.165, 1.54) is 31.0 Å². The molecule has 0 radical (unpaired) electrons. The Labute approximate surface area is 91.0 Å². The van der Waals surface area contributed by atoms with Gasteiger partial charge in [0.25, 0.3) is 5.91 Å². The second kappa shape index (κ2) is 4.35. The van der Waals surface area contributed by atoms with E-state index < -0.39 is 5.91 Å². The molecule has 6 heteroatoms. The Morgan fingerprint density at radius 3 is 2.75 bits per heavy atom. The van der Waals surface area contributed by atoms with Crippen molar-refractivity contribution in [2.45, 2.75) is 0 Å². The maximum Gasteiger partial charge on any atom is 0.260 e. The summed E-state index contributed by atoms with van der Waals surface area (Å²) in [5.41, 5.74) is 0.299. The topological polar surface area (TPSA) is 88.0 Å². The van der Waals surface area contributed by atoms with Gasteiger partial charge in [-0.2, -0.15) is 0 Å². The van der Waals surface area contributed by atoms with Crippen molar-refractivity contribution in [3.8, 4) is 5.75 Å². The molecule has 0 fully saturated rings. The minimum atomic E-state index is -0.422. The van der Waals surface area contributed by atoms with E-state index in [0.717, 1.165) is 0 Å². The molecule has 16 heavy (non-hydrogen) atoms. The van der Waals surface area contributed by atoms with E-state index in [1.54, 1.807) is 6.07 Å². The normalized spacial score (nSPS) is 9.75. The molecule has 0 spiro atoms. The van der Waals surface area contributed by atoms with Crippen LogP contribution in [0.1, 0.15) is 10.4 Å². The summed E-state index contributed by atoms with van der Waals surface area (Å²) in [6.45, 7) is 0. The third-order valence-corrected chi connectivity index (χ3v) is 1.84. The van der Waals surface area contributed by atoms with Gasteiger partial charge in [0.1, 0.15) is 6.33 Å². The first-order valence-electron chi connectivity index (χ1n) is 4.48. The first-order valence-corrected chi connectivity index (χ1v) is 4.48. The highest BCUT2D eigenvalue weighted by Crippen LogP contribution is 2.18. The Bertz CT molecular complexity index is 501. The van der Waals surface area contributed by atoms with Crippen LogP contribution in [0, 0.1) is 0 Å². The summed E-state index contributed by atoms with van der Waals surface area (Å²) in [6.07, 6.45) is 5.55. The van der Waals surface area contributed by atoms with Crippen LogP contribution in [0.15, 0.2) is 37.1 Å². The van der Waals surface area contributed by atoms with Gasteiger partial charge in [0, 0.05) is 18.6 Å². The predicted octanol–water partition coefficient (Wildman–Crippen LogP) is 0.829.